The summed E-state index contributed by atoms with van der Waals surface area (Å²) < 4.78 is 0. The van der Waals surface area contributed by atoms with Crippen LogP contribution >= 0.6 is 0 Å². The van der Waals surface area contributed by atoms with Gasteiger partial charge in [0.2, 0.25) is 11.8 Å². The van der Waals surface area contributed by atoms with Crippen molar-refractivity contribution in [3.63, 3.8) is 0 Å². The lowest BCUT2D eigenvalue weighted by atomic mass is 9.97. The number of hydrogen-bond acceptors (Lipinski definition) is 7. The number of nitrogens with one attached hydrogen (secondary N) is 2. The van der Waals surface area contributed by atoms with Crippen LogP contribution < -0.4 is 10.6 Å². The van der Waals surface area contributed by atoms with E-state index in [4.69, 9.17) is 21.7 Å². The summed E-state index contributed by atoms with van der Waals surface area (Å²) in [6.45, 7) is 1.29. The van der Waals surface area contributed by atoms with Gasteiger partial charge in [0.15, 0.2) is 11.6 Å². The fourth-order valence-electron chi connectivity index (χ4n) is 2.66. The van der Waals surface area contributed by atoms with Crippen molar-refractivity contribution >= 4 is 41.3 Å². The average molecular weight is 468 g/mol. The van der Waals surface area contributed by atoms with Gasteiger partial charge in [0, 0.05) is 38.5 Å². The molecule has 12 nitrogen and oxygen atoms in total. The zero-order valence-electron chi connectivity index (χ0n) is 18.2. The Kier molecular flexibility index (Phi) is 13.4. The molecular formula is C21H28N2O10. The zero-order valence-corrected chi connectivity index (χ0v) is 18.2. The fourth-order valence-corrected chi connectivity index (χ4v) is 2.66. The maximum Gasteiger partial charge on any atom is 0.306 e. The van der Waals surface area contributed by atoms with E-state index in [2.05, 4.69) is 16.6 Å². The predicted octanol–water partition coefficient (Wildman–Crippen LogP) is -0.262. The lowest BCUT2D eigenvalue weighted by molar-refractivity contribution is -0.143. The molecule has 0 aliphatic heterocycles. The van der Waals surface area contributed by atoms with Crippen molar-refractivity contribution in [3.8, 4) is 12.3 Å². The van der Waals surface area contributed by atoms with Crippen molar-refractivity contribution in [2.75, 3.05) is 0 Å². The zero-order chi connectivity index (χ0) is 25.6. The Balaban J connectivity index is 5.04. The number of carbonyl (C=O) groups is 7. The summed E-state index contributed by atoms with van der Waals surface area (Å²) in [4.78, 5) is 81.4. The first-order chi connectivity index (χ1) is 15.4. The van der Waals surface area contributed by atoms with Crippen LogP contribution in [0.3, 0.4) is 0 Å². The Morgan fingerprint density at radius 1 is 0.758 bits per heavy atom. The van der Waals surface area contributed by atoms with E-state index in [1.807, 2.05) is 0 Å². The molecule has 0 unspecified atom stereocenters. The van der Waals surface area contributed by atoms with Gasteiger partial charge >= 0.3 is 17.9 Å². The summed E-state index contributed by atoms with van der Waals surface area (Å²) in [6.07, 6.45) is 2.27. The molecule has 2 amide bonds. The van der Waals surface area contributed by atoms with Gasteiger partial charge in [-0.05, 0) is 6.42 Å². The first-order valence-electron chi connectivity index (χ1n) is 10.1. The lowest BCUT2D eigenvalue weighted by Crippen LogP contribution is -2.44. The monoisotopic (exact) mass is 468 g/mol. The summed E-state index contributed by atoms with van der Waals surface area (Å²) in [5.74, 6) is -5.42. The molecule has 0 saturated carbocycles. The maximum absolute atomic E-state index is 12.3. The van der Waals surface area contributed by atoms with E-state index in [0.29, 0.717) is 0 Å². The highest BCUT2D eigenvalue weighted by Gasteiger charge is 2.27. The molecule has 12 heteroatoms. The van der Waals surface area contributed by atoms with E-state index < -0.39 is 91.4 Å². The number of terminal acetylenes is 1. The van der Waals surface area contributed by atoms with Crippen LogP contribution in [0.15, 0.2) is 0 Å². The van der Waals surface area contributed by atoms with Gasteiger partial charge in [-0.15, -0.1) is 12.3 Å². The highest BCUT2D eigenvalue weighted by molar-refractivity contribution is 5.95. The van der Waals surface area contributed by atoms with E-state index in [1.165, 1.54) is 6.92 Å². The molecule has 0 spiro atoms. The van der Waals surface area contributed by atoms with E-state index in [-0.39, 0.29) is 19.3 Å². The van der Waals surface area contributed by atoms with Gasteiger partial charge in [0.05, 0.1) is 24.4 Å². The van der Waals surface area contributed by atoms with E-state index in [9.17, 15) is 33.6 Å². The van der Waals surface area contributed by atoms with Crippen LogP contribution in [0.25, 0.3) is 0 Å². The molecule has 33 heavy (non-hydrogen) atoms. The number of ketones is 2. The molecule has 0 fully saturated rings. The minimum Gasteiger partial charge on any atom is -0.481 e. The molecule has 0 aliphatic rings. The van der Waals surface area contributed by atoms with Gasteiger partial charge in [-0.2, -0.15) is 0 Å². The highest BCUT2D eigenvalue weighted by Crippen LogP contribution is 2.10. The minimum atomic E-state index is -1.37. The maximum atomic E-state index is 12.3. The molecule has 0 radical (unpaired) electrons. The molecule has 0 aromatic carbocycles. The molecule has 0 heterocycles. The largest absolute Gasteiger partial charge is 0.481 e. The third-order valence-corrected chi connectivity index (χ3v) is 4.50. The van der Waals surface area contributed by atoms with Gasteiger partial charge in [0.25, 0.3) is 0 Å². The van der Waals surface area contributed by atoms with E-state index >= 15 is 0 Å². The van der Waals surface area contributed by atoms with Gasteiger partial charge in [0.1, 0.15) is 0 Å². The van der Waals surface area contributed by atoms with E-state index in [1.54, 1.807) is 0 Å². The van der Waals surface area contributed by atoms with Crippen molar-refractivity contribution in [2.45, 2.75) is 70.4 Å². The Morgan fingerprint density at radius 2 is 1.33 bits per heavy atom. The van der Waals surface area contributed by atoms with Crippen LogP contribution in [0.4, 0.5) is 0 Å². The van der Waals surface area contributed by atoms with Crippen molar-refractivity contribution in [1.29, 1.82) is 0 Å². The van der Waals surface area contributed by atoms with Crippen LogP contribution in [-0.4, -0.2) is 68.7 Å². The molecule has 182 valence electrons. The Bertz CT molecular complexity index is 814. The van der Waals surface area contributed by atoms with Gasteiger partial charge in [-0.3, -0.25) is 33.6 Å². The van der Waals surface area contributed by atoms with Crippen LogP contribution in [0.5, 0.6) is 0 Å². The third kappa shape index (κ3) is 13.3. The molecule has 0 aromatic heterocycles. The Labute approximate surface area is 190 Å². The van der Waals surface area contributed by atoms with Crippen LogP contribution in [0.2, 0.25) is 0 Å². The summed E-state index contributed by atoms with van der Waals surface area (Å²) in [5, 5.41) is 31.3. The number of carbonyl (C=O) groups excluding carboxylic acids is 4. The minimum absolute atomic E-state index is 0.0917. The second kappa shape index (κ2) is 15.1. The first-order valence-corrected chi connectivity index (χ1v) is 10.1. The van der Waals surface area contributed by atoms with Crippen molar-refractivity contribution < 1.29 is 48.9 Å². The Hall–Kier alpha value is -3.75. The molecule has 0 rings (SSSR count). The number of hydrogen-bond donors (Lipinski definition) is 5. The number of carboxylic acids is 3. The topological polar surface area (TPSA) is 204 Å². The first kappa shape index (κ1) is 29.2. The average Bonchev–Trinajstić information content (AvgIpc) is 2.72. The standard InChI is InChI=1S/C21H28N2O10/c1-3-4-5-17(26)23-14(11-20(30)31)15(24)7-8-18(27)22-13(6-9-19(28)29)16(25)10-12(2)21(32)33/h1,12-14H,4-11H2,2H3,(H,22,27)(H,23,26)(H,28,29)(H,30,31)(H,32,33)/t12-,13+,14+/m1/s1. The van der Waals surface area contributed by atoms with E-state index in [0.717, 1.165) is 0 Å². The van der Waals surface area contributed by atoms with Crippen LogP contribution in [0, 0.1) is 18.3 Å². The number of rotatable bonds is 17. The predicted molar refractivity (Wildman–Crippen MR) is 112 cm³/mol. The number of aliphatic carboxylic acids is 3. The lowest BCUT2D eigenvalue weighted by Gasteiger charge is -2.19. The SMILES string of the molecule is C#CCCC(=O)N[C@@H](CC(=O)O)C(=O)CCC(=O)N[C@@H](CCC(=O)O)C(=O)C[C@@H](C)C(=O)O. The summed E-state index contributed by atoms with van der Waals surface area (Å²) >= 11 is 0. The quantitative estimate of drug-likeness (QED) is 0.177. The molecule has 0 aliphatic carbocycles. The smallest absolute Gasteiger partial charge is 0.306 e. The normalized spacial score (nSPS) is 13.0. The van der Waals surface area contributed by atoms with Crippen molar-refractivity contribution in [2.24, 2.45) is 5.92 Å². The number of amides is 2. The van der Waals surface area contributed by atoms with Gasteiger partial charge in [-0.25, -0.2) is 0 Å². The van der Waals surface area contributed by atoms with Crippen molar-refractivity contribution in [1.82, 2.24) is 10.6 Å². The molecule has 3 atom stereocenters. The number of Topliss-reactive ketones (excluding diaryl/α,β-unsaturated/α-hetero) is 2. The fraction of sp³-hybridized carbons (Fsp3) is 0.571. The number of carboxylic acid groups (broad SMARTS) is 3. The molecule has 0 saturated heterocycles. The Morgan fingerprint density at radius 3 is 1.85 bits per heavy atom. The second-order valence-corrected chi connectivity index (χ2v) is 7.35. The summed E-state index contributed by atoms with van der Waals surface area (Å²) in [6, 6.07) is -2.63. The highest BCUT2D eigenvalue weighted by atomic mass is 16.4. The second-order valence-electron chi connectivity index (χ2n) is 7.35. The van der Waals surface area contributed by atoms with Crippen LogP contribution in [0.1, 0.15) is 58.3 Å². The third-order valence-electron chi connectivity index (χ3n) is 4.50. The molecule has 5 N–H and O–H groups in total. The molecule has 0 aromatic rings. The molecule has 0 bridgehead atoms. The molecular weight excluding hydrogens is 440 g/mol. The van der Waals surface area contributed by atoms with Crippen LogP contribution in [-0.2, 0) is 33.6 Å². The van der Waals surface area contributed by atoms with Crippen molar-refractivity contribution in [3.05, 3.63) is 0 Å². The van der Waals surface area contributed by atoms with Gasteiger partial charge < -0.3 is 26.0 Å². The summed E-state index contributed by atoms with van der Waals surface area (Å²) in [5.41, 5.74) is 0. The summed E-state index contributed by atoms with van der Waals surface area (Å²) in [7, 11) is 0. The van der Waals surface area contributed by atoms with Gasteiger partial charge in [-0.1, -0.05) is 6.92 Å².